The highest BCUT2D eigenvalue weighted by Crippen LogP contribution is 2.22. The molecule has 0 aliphatic carbocycles. The SMILES string of the molecule is O=C1OCC/C1=C\c1ccccc1Cl. The van der Waals surface area contributed by atoms with Crippen molar-refractivity contribution in [1.29, 1.82) is 0 Å². The average Bonchev–Trinajstić information content (AvgIpc) is 2.56. The molecule has 2 nitrogen and oxygen atoms in total. The van der Waals surface area contributed by atoms with Gasteiger partial charge in [0.2, 0.25) is 0 Å². The second-order valence-electron chi connectivity index (χ2n) is 3.08. The Morgan fingerprint density at radius 1 is 1.36 bits per heavy atom. The molecule has 1 aliphatic heterocycles. The first kappa shape index (κ1) is 9.28. The number of carbonyl (C=O) groups is 1. The molecule has 0 radical (unpaired) electrons. The maximum Gasteiger partial charge on any atom is 0.334 e. The van der Waals surface area contributed by atoms with Crippen molar-refractivity contribution in [2.75, 3.05) is 6.61 Å². The van der Waals surface area contributed by atoms with Crippen LogP contribution in [0.15, 0.2) is 29.8 Å². The van der Waals surface area contributed by atoms with E-state index in [2.05, 4.69) is 0 Å². The zero-order valence-electron chi connectivity index (χ0n) is 7.50. The highest BCUT2D eigenvalue weighted by Gasteiger charge is 2.18. The van der Waals surface area contributed by atoms with E-state index in [4.69, 9.17) is 16.3 Å². The predicted octanol–water partition coefficient (Wildman–Crippen LogP) is 2.67. The Hall–Kier alpha value is -1.28. The zero-order chi connectivity index (χ0) is 9.97. The van der Waals surface area contributed by atoms with Gasteiger partial charge in [-0.3, -0.25) is 0 Å². The van der Waals surface area contributed by atoms with Crippen molar-refractivity contribution in [3.05, 3.63) is 40.4 Å². The molecule has 0 spiro atoms. The number of cyclic esters (lactones) is 1. The van der Waals surface area contributed by atoms with E-state index in [1.165, 1.54) is 0 Å². The average molecular weight is 209 g/mol. The molecular formula is C11H9ClO2. The minimum atomic E-state index is -0.232. The lowest BCUT2D eigenvalue weighted by Crippen LogP contribution is -1.94. The Bertz CT molecular complexity index is 396. The van der Waals surface area contributed by atoms with Gasteiger partial charge in [-0.2, -0.15) is 0 Å². The fourth-order valence-corrected chi connectivity index (χ4v) is 1.55. The van der Waals surface area contributed by atoms with Crippen LogP contribution in [0.2, 0.25) is 5.02 Å². The van der Waals surface area contributed by atoms with E-state index in [0.717, 1.165) is 5.56 Å². The summed E-state index contributed by atoms with van der Waals surface area (Å²) in [5.74, 6) is -0.232. The Morgan fingerprint density at radius 2 is 2.14 bits per heavy atom. The molecule has 1 aromatic rings. The summed E-state index contributed by atoms with van der Waals surface area (Å²) in [6.07, 6.45) is 2.46. The van der Waals surface area contributed by atoms with E-state index in [9.17, 15) is 4.79 Å². The molecule has 1 heterocycles. The minimum Gasteiger partial charge on any atom is -0.462 e. The Kier molecular flexibility index (Phi) is 2.55. The van der Waals surface area contributed by atoms with Crippen molar-refractivity contribution in [3.8, 4) is 0 Å². The molecule has 0 N–H and O–H groups in total. The second-order valence-corrected chi connectivity index (χ2v) is 3.48. The fourth-order valence-electron chi connectivity index (χ4n) is 1.36. The summed E-state index contributed by atoms with van der Waals surface area (Å²) < 4.78 is 4.83. The van der Waals surface area contributed by atoms with Crippen molar-refractivity contribution in [2.24, 2.45) is 0 Å². The molecule has 14 heavy (non-hydrogen) atoms. The first-order chi connectivity index (χ1) is 6.77. The topological polar surface area (TPSA) is 26.3 Å². The molecule has 0 aromatic heterocycles. The Balaban J connectivity index is 2.33. The van der Waals surface area contributed by atoms with Gasteiger partial charge in [0.15, 0.2) is 0 Å². The van der Waals surface area contributed by atoms with Crippen molar-refractivity contribution in [3.63, 3.8) is 0 Å². The molecule has 0 unspecified atom stereocenters. The van der Waals surface area contributed by atoms with E-state index in [-0.39, 0.29) is 5.97 Å². The molecule has 72 valence electrons. The molecule has 1 aromatic carbocycles. The largest absolute Gasteiger partial charge is 0.462 e. The molecule has 0 atom stereocenters. The number of carbonyl (C=O) groups excluding carboxylic acids is 1. The Labute approximate surface area is 87.1 Å². The van der Waals surface area contributed by atoms with Crippen LogP contribution in [0.4, 0.5) is 0 Å². The summed E-state index contributed by atoms with van der Waals surface area (Å²) in [6, 6.07) is 7.42. The summed E-state index contributed by atoms with van der Waals surface area (Å²) in [5, 5.41) is 0.653. The van der Waals surface area contributed by atoms with Gasteiger partial charge in [-0.1, -0.05) is 29.8 Å². The van der Waals surface area contributed by atoms with Gasteiger partial charge < -0.3 is 4.74 Å². The predicted molar refractivity (Wildman–Crippen MR) is 55.0 cm³/mol. The molecule has 3 heteroatoms. The zero-order valence-corrected chi connectivity index (χ0v) is 8.25. The number of ether oxygens (including phenoxy) is 1. The number of benzene rings is 1. The fraction of sp³-hybridized carbons (Fsp3) is 0.182. The van der Waals surface area contributed by atoms with Crippen LogP contribution < -0.4 is 0 Å². The number of hydrogen-bond acceptors (Lipinski definition) is 2. The lowest BCUT2D eigenvalue weighted by molar-refractivity contribution is -0.134. The third kappa shape index (κ3) is 1.80. The van der Waals surface area contributed by atoms with Crippen LogP contribution >= 0.6 is 11.6 Å². The number of esters is 1. The van der Waals surface area contributed by atoms with E-state index in [1.54, 1.807) is 12.1 Å². The molecule has 1 fully saturated rings. The van der Waals surface area contributed by atoms with Gasteiger partial charge in [-0.15, -0.1) is 0 Å². The summed E-state index contributed by atoms with van der Waals surface area (Å²) in [4.78, 5) is 11.2. The standard InChI is InChI=1S/C11H9ClO2/c12-10-4-2-1-3-8(10)7-9-5-6-14-11(9)13/h1-4,7H,5-6H2/b9-7+. The van der Waals surface area contributed by atoms with Gasteiger partial charge >= 0.3 is 5.97 Å². The van der Waals surface area contributed by atoms with E-state index in [0.29, 0.717) is 23.6 Å². The lowest BCUT2D eigenvalue weighted by Gasteiger charge is -1.97. The van der Waals surface area contributed by atoms with Crippen LogP contribution in [0.5, 0.6) is 0 Å². The normalized spacial score (nSPS) is 18.6. The van der Waals surface area contributed by atoms with Crippen LogP contribution in [-0.4, -0.2) is 12.6 Å². The lowest BCUT2D eigenvalue weighted by atomic mass is 10.1. The number of hydrogen-bond donors (Lipinski definition) is 0. The Morgan fingerprint density at radius 3 is 2.79 bits per heavy atom. The molecule has 0 bridgehead atoms. The summed E-state index contributed by atoms with van der Waals surface area (Å²) in [6.45, 7) is 0.481. The first-order valence-electron chi connectivity index (χ1n) is 4.39. The van der Waals surface area contributed by atoms with Gasteiger partial charge in [0.25, 0.3) is 0 Å². The maximum absolute atomic E-state index is 11.2. The third-order valence-corrected chi connectivity index (χ3v) is 2.45. The quantitative estimate of drug-likeness (QED) is 0.524. The smallest absolute Gasteiger partial charge is 0.334 e. The molecular weight excluding hydrogens is 200 g/mol. The van der Waals surface area contributed by atoms with Crippen molar-refractivity contribution >= 4 is 23.6 Å². The van der Waals surface area contributed by atoms with E-state index >= 15 is 0 Å². The summed E-state index contributed by atoms with van der Waals surface area (Å²) in [5.41, 5.74) is 1.56. The maximum atomic E-state index is 11.2. The van der Waals surface area contributed by atoms with Crippen LogP contribution in [0.25, 0.3) is 6.08 Å². The van der Waals surface area contributed by atoms with Gasteiger partial charge in [-0.25, -0.2) is 4.79 Å². The highest BCUT2D eigenvalue weighted by molar-refractivity contribution is 6.32. The highest BCUT2D eigenvalue weighted by atomic mass is 35.5. The summed E-state index contributed by atoms with van der Waals surface area (Å²) in [7, 11) is 0. The van der Waals surface area contributed by atoms with Crippen molar-refractivity contribution < 1.29 is 9.53 Å². The monoisotopic (exact) mass is 208 g/mol. The van der Waals surface area contributed by atoms with Crippen molar-refractivity contribution in [1.82, 2.24) is 0 Å². The van der Waals surface area contributed by atoms with Crippen LogP contribution in [-0.2, 0) is 9.53 Å². The van der Waals surface area contributed by atoms with Crippen LogP contribution in [0.1, 0.15) is 12.0 Å². The van der Waals surface area contributed by atoms with Gasteiger partial charge in [-0.05, 0) is 17.7 Å². The van der Waals surface area contributed by atoms with Gasteiger partial charge in [0.05, 0.1) is 6.61 Å². The number of halogens is 1. The van der Waals surface area contributed by atoms with E-state index in [1.807, 2.05) is 18.2 Å². The molecule has 1 aliphatic rings. The second kappa shape index (κ2) is 3.84. The molecule has 0 amide bonds. The summed E-state index contributed by atoms with van der Waals surface area (Å²) >= 11 is 5.95. The number of rotatable bonds is 1. The van der Waals surface area contributed by atoms with Crippen molar-refractivity contribution in [2.45, 2.75) is 6.42 Å². The molecule has 1 saturated heterocycles. The van der Waals surface area contributed by atoms with Gasteiger partial charge in [0, 0.05) is 17.0 Å². The van der Waals surface area contributed by atoms with E-state index < -0.39 is 0 Å². The van der Waals surface area contributed by atoms with Crippen LogP contribution in [0.3, 0.4) is 0 Å². The minimum absolute atomic E-state index is 0.232. The molecule has 2 rings (SSSR count). The third-order valence-electron chi connectivity index (χ3n) is 2.10. The first-order valence-corrected chi connectivity index (χ1v) is 4.77. The van der Waals surface area contributed by atoms with Gasteiger partial charge in [0.1, 0.15) is 0 Å². The molecule has 0 saturated carbocycles. The van der Waals surface area contributed by atoms with Crippen LogP contribution in [0, 0.1) is 0 Å².